The molecular weight excluding hydrogens is 364 g/mol. The third kappa shape index (κ3) is 9.91. The normalized spacial score (nSPS) is 16.8. The highest BCUT2D eigenvalue weighted by atomic mass is 16.9. The van der Waals surface area contributed by atoms with Crippen LogP contribution in [0.25, 0.3) is 0 Å². The molecule has 0 radical (unpaired) electrons. The van der Waals surface area contributed by atoms with E-state index in [0.717, 1.165) is 11.3 Å². The predicted octanol–water partition coefficient (Wildman–Crippen LogP) is 3.17. The van der Waals surface area contributed by atoms with Gasteiger partial charge in [-0.15, -0.1) is 10.1 Å². The zero-order valence-corrected chi connectivity index (χ0v) is 16.5. The van der Waals surface area contributed by atoms with Crippen LogP contribution in [0.3, 0.4) is 0 Å². The number of hydrogen-bond acceptors (Lipinski definition) is 7. The molecular formula is C20H26N2O6. The molecule has 1 N–H and O–H groups in total. The Balaban J connectivity index is 0.000000497. The first kappa shape index (κ1) is 24.6. The Morgan fingerprint density at radius 1 is 1.29 bits per heavy atom. The fourth-order valence-corrected chi connectivity index (χ4v) is 2.04. The van der Waals surface area contributed by atoms with Crippen LogP contribution in [-0.2, 0) is 14.4 Å². The van der Waals surface area contributed by atoms with Gasteiger partial charge in [0.2, 0.25) is 0 Å². The van der Waals surface area contributed by atoms with E-state index in [-0.39, 0.29) is 12.6 Å². The molecule has 2 rings (SSSR count). The van der Waals surface area contributed by atoms with E-state index < -0.39 is 10.5 Å². The minimum Gasteiger partial charge on any atom is -0.426 e. The van der Waals surface area contributed by atoms with Gasteiger partial charge >= 0.3 is 5.97 Å². The molecule has 0 bridgehead atoms. The standard InChI is InChI=1S/C10H14N2O3.C9H10O2.CH2O/c1-10(8-15-12(13)14)6-3-4-9(11-2)5-7-10;1-7-5-3-4-6-9(7)11-8(2)10;1-2/h3-7,11H,8H2,1-2H3;3-6H,1-2H3;1H2. The van der Waals surface area contributed by atoms with Gasteiger partial charge in [0, 0.05) is 25.1 Å². The van der Waals surface area contributed by atoms with E-state index in [1.54, 1.807) is 6.07 Å². The first-order valence-electron chi connectivity index (χ1n) is 8.32. The summed E-state index contributed by atoms with van der Waals surface area (Å²) < 4.78 is 4.91. The summed E-state index contributed by atoms with van der Waals surface area (Å²) in [7, 11) is 1.82. The third-order valence-electron chi connectivity index (χ3n) is 3.51. The van der Waals surface area contributed by atoms with Crippen molar-refractivity contribution in [2.45, 2.75) is 20.8 Å². The minimum atomic E-state index is -0.774. The number of rotatable bonds is 5. The molecule has 0 aromatic heterocycles. The lowest BCUT2D eigenvalue weighted by Crippen LogP contribution is -2.20. The highest BCUT2D eigenvalue weighted by Crippen LogP contribution is 2.23. The van der Waals surface area contributed by atoms with E-state index in [1.807, 2.05) is 76.3 Å². The lowest BCUT2D eigenvalue weighted by molar-refractivity contribution is -0.759. The topological polar surface area (TPSA) is 108 Å². The van der Waals surface area contributed by atoms with Gasteiger partial charge in [-0.25, -0.2) is 0 Å². The van der Waals surface area contributed by atoms with E-state index >= 15 is 0 Å². The van der Waals surface area contributed by atoms with E-state index in [0.29, 0.717) is 5.75 Å². The zero-order chi connectivity index (χ0) is 21.6. The average Bonchev–Trinajstić information content (AvgIpc) is 2.86. The molecule has 0 fully saturated rings. The van der Waals surface area contributed by atoms with Crippen molar-refractivity contribution < 1.29 is 24.3 Å². The maximum absolute atomic E-state index is 10.5. The molecule has 1 aliphatic rings. The number of ether oxygens (including phenoxy) is 1. The van der Waals surface area contributed by atoms with Gasteiger partial charge in [0.15, 0.2) is 0 Å². The molecule has 8 nitrogen and oxygen atoms in total. The largest absolute Gasteiger partial charge is 0.426 e. The Hall–Kier alpha value is -3.42. The summed E-state index contributed by atoms with van der Waals surface area (Å²) in [5.74, 6) is 0.360. The Morgan fingerprint density at radius 2 is 1.93 bits per heavy atom. The van der Waals surface area contributed by atoms with Crippen molar-refractivity contribution in [3.8, 4) is 5.75 Å². The van der Waals surface area contributed by atoms with Crippen LogP contribution in [0, 0.1) is 22.5 Å². The van der Waals surface area contributed by atoms with E-state index in [2.05, 4.69) is 10.2 Å². The first-order chi connectivity index (χ1) is 13.3. The average molecular weight is 390 g/mol. The molecule has 0 saturated heterocycles. The highest BCUT2D eigenvalue weighted by Gasteiger charge is 2.20. The number of nitrogens with zero attached hydrogens (tertiary/aromatic N) is 1. The Bertz CT molecular complexity index is 742. The maximum atomic E-state index is 10.5. The van der Waals surface area contributed by atoms with Crippen LogP contribution in [-0.4, -0.2) is 31.5 Å². The maximum Gasteiger partial charge on any atom is 0.308 e. The van der Waals surface area contributed by atoms with Crippen molar-refractivity contribution in [1.29, 1.82) is 0 Å². The summed E-state index contributed by atoms with van der Waals surface area (Å²) in [6.07, 6.45) is 9.38. The molecule has 0 saturated carbocycles. The number of carbonyl (C=O) groups excluding carboxylic acids is 2. The highest BCUT2D eigenvalue weighted by molar-refractivity contribution is 5.69. The smallest absolute Gasteiger partial charge is 0.308 e. The molecule has 152 valence electrons. The van der Waals surface area contributed by atoms with Crippen LogP contribution in [0.4, 0.5) is 0 Å². The van der Waals surface area contributed by atoms with Crippen LogP contribution >= 0.6 is 0 Å². The number of benzene rings is 1. The lowest BCUT2D eigenvalue weighted by Gasteiger charge is -2.19. The molecule has 1 aliphatic carbocycles. The van der Waals surface area contributed by atoms with Crippen LogP contribution in [0.1, 0.15) is 19.4 Å². The monoisotopic (exact) mass is 390 g/mol. The van der Waals surface area contributed by atoms with Crippen LogP contribution in [0.2, 0.25) is 0 Å². The molecule has 1 aromatic carbocycles. The van der Waals surface area contributed by atoms with Gasteiger partial charge in [0.25, 0.3) is 5.09 Å². The van der Waals surface area contributed by atoms with Crippen LogP contribution < -0.4 is 10.1 Å². The number of likely N-dealkylation sites (N-methyl/N-ethyl adjacent to an activating group) is 1. The van der Waals surface area contributed by atoms with Gasteiger partial charge in [-0.3, -0.25) is 4.79 Å². The quantitative estimate of drug-likeness (QED) is 0.356. The lowest BCUT2D eigenvalue weighted by atomic mass is 9.91. The fraction of sp³-hybridized carbons (Fsp3) is 0.300. The first-order valence-corrected chi connectivity index (χ1v) is 8.32. The number of hydrogen-bond donors (Lipinski definition) is 1. The Kier molecular flexibility index (Phi) is 11.3. The molecule has 0 aliphatic heterocycles. The number of esters is 1. The second-order valence-corrected chi connectivity index (χ2v) is 5.93. The van der Waals surface area contributed by atoms with Crippen molar-refractivity contribution in [1.82, 2.24) is 5.32 Å². The molecule has 1 unspecified atom stereocenters. The van der Waals surface area contributed by atoms with Crippen LogP contribution in [0.15, 0.2) is 60.3 Å². The van der Waals surface area contributed by atoms with Gasteiger partial charge in [0.05, 0.1) is 0 Å². The van der Waals surface area contributed by atoms with E-state index in [4.69, 9.17) is 9.53 Å². The Labute approximate surface area is 164 Å². The third-order valence-corrected chi connectivity index (χ3v) is 3.51. The number of carbonyl (C=O) groups is 2. The van der Waals surface area contributed by atoms with E-state index in [9.17, 15) is 14.9 Å². The van der Waals surface area contributed by atoms with Gasteiger partial charge in [-0.2, -0.15) is 0 Å². The predicted molar refractivity (Wildman–Crippen MR) is 106 cm³/mol. The molecule has 1 atom stereocenters. The summed E-state index contributed by atoms with van der Waals surface area (Å²) in [6, 6.07) is 7.42. The minimum absolute atomic E-state index is 0.0256. The molecule has 8 heteroatoms. The molecule has 28 heavy (non-hydrogen) atoms. The number of para-hydroxylation sites is 1. The van der Waals surface area contributed by atoms with Gasteiger partial charge in [-0.1, -0.05) is 43.4 Å². The second-order valence-electron chi connectivity index (χ2n) is 5.93. The second kappa shape index (κ2) is 12.9. The van der Waals surface area contributed by atoms with Crippen molar-refractivity contribution in [2.75, 3.05) is 13.7 Å². The van der Waals surface area contributed by atoms with Crippen LogP contribution in [0.5, 0.6) is 5.75 Å². The summed E-state index contributed by atoms with van der Waals surface area (Å²) in [5, 5.41) is 12.3. The number of aryl methyl sites for hydroxylation is 1. The molecule has 1 aromatic rings. The van der Waals surface area contributed by atoms with Crippen molar-refractivity contribution >= 4 is 12.8 Å². The number of allylic oxidation sites excluding steroid dienone is 3. The molecule has 0 heterocycles. The summed E-state index contributed by atoms with van der Waals surface area (Å²) >= 11 is 0. The molecule has 0 amide bonds. The van der Waals surface area contributed by atoms with Gasteiger partial charge in [-0.05, 0) is 30.7 Å². The van der Waals surface area contributed by atoms with Crippen molar-refractivity contribution in [3.63, 3.8) is 0 Å². The summed E-state index contributed by atoms with van der Waals surface area (Å²) in [5.41, 5.74) is 1.49. The van der Waals surface area contributed by atoms with Gasteiger partial charge in [0.1, 0.15) is 19.1 Å². The van der Waals surface area contributed by atoms with E-state index in [1.165, 1.54) is 6.92 Å². The SMILES string of the molecule is C=O.CC(=O)Oc1ccccc1C.CNC1=CC=CC(C)(CO[N+](=O)[O-])C=C1. The Morgan fingerprint density at radius 3 is 2.46 bits per heavy atom. The molecule has 0 spiro atoms. The zero-order valence-electron chi connectivity index (χ0n) is 16.5. The summed E-state index contributed by atoms with van der Waals surface area (Å²) in [6.45, 7) is 7.19. The van der Waals surface area contributed by atoms with Crippen molar-refractivity contribution in [2.24, 2.45) is 5.41 Å². The summed E-state index contributed by atoms with van der Waals surface area (Å²) in [4.78, 5) is 33.0. The number of nitrogens with one attached hydrogen (secondary N) is 1. The van der Waals surface area contributed by atoms with Gasteiger partial charge < -0.3 is 19.7 Å². The fourth-order valence-electron chi connectivity index (χ4n) is 2.04. The van der Waals surface area contributed by atoms with Crippen molar-refractivity contribution in [3.05, 3.63) is 76.0 Å².